The molecule has 0 aromatic heterocycles. The smallest absolute Gasteiger partial charge is 0.209 e. The summed E-state index contributed by atoms with van der Waals surface area (Å²) in [6.07, 6.45) is 7.28. The van der Waals surface area contributed by atoms with Crippen molar-refractivity contribution in [2.45, 2.75) is 62.6 Å². The Morgan fingerprint density at radius 3 is 2.50 bits per heavy atom. The molecule has 146 valence electrons. The van der Waals surface area contributed by atoms with Crippen molar-refractivity contribution in [1.82, 2.24) is 10.0 Å². The van der Waals surface area contributed by atoms with Crippen LogP contribution in [0, 0.1) is 5.82 Å². The van der Waals surface area contributed by atoms with Gasteiger partial charge in [0.2, 0.25) is 10.0 Å². The summed E-state index contributed by atoms with van der Waals surface area (Å²) in [5.41, 5.74) is 1.20. The van der Waals surface area contributed by atoms with Crippen molar-refractivity contribution in [3.63, 3.8) is 0 Å². The standard InChI is InChI=1S/C19H29FN2O3S/c1-26(23,24)22-18-3-2-12-21-19(18)13-25-17-10-6-15(7-11-17)14-4-8-16(20)9-5-14/h4-5,8-9,15,17-19,21-22H,2-3,6-7,10-13H2,1H3/t15-,17+,18-,19-/m0/s1. The molecule has 0 radical (unpaired) electrons. The molecular formula is C19H29FN2O3S. The Kier molecular flexibility index (Phi) is 6.66. The fourth-order valence-electron chi connectivity index (χ4n) is 4.08. The van der Waals surface area contributed by atoms with Gasteiger partial charge in [0, 0.05) is 12.1 Å². The van der Waals surface area contributed by atoms with Gasteiger partial charge in [0.15, 0.2) is 0 Å². The van der Waals surface area contributed by atoms with Crippen LogP contribution in [0.5, 0.6) is 0 Å². The van der Waals surface area contributed by atoms with Gasteiger partial charge in [-0.3, -0.25) is 0 Å². The quantitative estimate of drug-likeness (QED) is 0.791. The molecule has 1 aliphatic carbocycles. The number of hydrogen-bond donors (Lipinski definition) is 2. The topological polar surface area (TPSA) is 67.4 Å². The fourth-order valence-corrected chi connectivity index (χ4v) is 4.91. The van der Waals surface area contributed by atoms with E-state index in [1.54, 1.807) is 0 Å². The molecule has 1 heterocycles. The Morgan fingerprint density at radius 2 is 1.85 bits per heavy atom. The molecule has 2 fully saturated rings. The number of halogens is 1. The van der Waals surface area contributed by atoms with E-state index in [0.29, 0.717) is 12.5 Å². The summed E-state index contributed by atoms with van der Waals surface area (Å²) in [5.74, 6) is 0.283. The third-order valence-corrected chi connectivity index (χ3v) is 6.21. The van der Waals surface area contributed by atoms with Crippen LogP contribution in [0.25, 0.3) is 0 Å². The Labute approximate surface area is 155 Å². The van der Waals surface area contributed by atoms with Crippen LogP contribution in [-0.2, 0) is 14.8 Å². The fraction of sp³-hybridized carbons (Fsp3) is 0.684. The third-order valence-electron chi connectivity index (χ3n) is 5.48. The molecule has 2 N–H and O–H groups in total. The first-order valence-electron chi connectivity index (χ1n) is 9.48. The Bertz CT molecular complexity index is 673. The highest BCUT2D eigenvalue weighted by Crippen LogP contribution is 2.34. The molecule has 2 aliphatic rings. The molecule has 0 bridgehead atoms. The van der Waals surface area contributed by atoms with Crippen LogP contribution in [0.3, 0.4) is 0 Å². The molecule has 7 heteroatoms. The molecule has 26 heavy (non-hydrogen) atoms. The van der Waals surface area contributed by atoms with Gasteiger partial charge in [0.05, 0.1) is 19.0 Å². The highest BCUT2D eigenvalue weighted by atomic mass is 32.2. The molecule has 3 rings (SSSR count). The van der Waals surface area contributed by atoms with Gasteiger partial charge in [-0.05, 0) is 68.7 Å². The molecule has 0 unspecified atom stereocenters. The minimum Gasteiger partial charge on any atom is -0.377 e. The summed E-state index contributed by atoms with van der Waals surface area (Å²) >= 11 is 0. The lowest BCUT2D eigenvalue weighted by Crippen LogP contribution is -2.55. The van der Waals surface area contributed by atoms with Gasteiger partial charge < -0.3 is 10.1 Å². The SMILES string of the molecule is CS(=O)(=O)N[C@H]1CCCN[C@H]1CO[C@H]1CC[C@@H](c2ccc(F)cc2)CC1. The van der Waals surface area contributed by atoms with Gasteiger partial charge in [-0.2, -0.15) is 0 Å². The third kappa shape index (κ3) is 5.74. The number of nitrogens with one attached hydrogen (secondary N) is 2. The van der Waals surface area contributed by atoms with E-state index < -0.39 is 10.0 Å². The minimum atomic E-state index is -3.21. The van der Waals surface area contributed by atoms with E-state index in [1.807, 2.05) is 12.1 Å². The van der Waals surface area contributed by atoms with E-state index in [-0.39, 0.29) is 24.0 Å². The molecule has 1 saturated carbocycles. The van der Waals surface area contributed by atoms with Crippen LogP contribution in [0.4, 0.5) is 4.39 Å². The van der Waals surface area contributed by atoms with Crippen LogP contribution in [0.1, 0.15) is 50.0 Å². The highest BCUT2D eigenvalue weighted by molar-refractivity contribution is 7.88. The van der Waals surface area contributed by atoms with Crippen molar-refractivity contribution in [3.05, 3.63) is 35.6 Å². The molecule has 0 spiro atoms. The maximum atomic E-state index is 13.1. The van der Waals surface area contributed by atoms with Crippen molar-refractivity contribution in [1.29, 1.82) is 0 Å². The predicted octanol–water partition coefficient (Wildman–Crippen LogP) is 2.54. The van der Waals surface area contributed by atoms with Crippen molar-refractivity contribution >= 4 is 10.0 Å². The number of benzene rings is 1. The van der Waals surface area contributed by atoms with E-state index in [4.69, 9.17) is 4.74 Å². The summed E-state index contributed by atoms with van der Waals surface area (Å²) in [7, 11) is -3.21. The van der Waals surface area contributed by atoms with Crippen molar-refractivity contribution < 1.29 is 17.5 Å². The van der Waals surface area contributed by atoms with Crippen LogP contribution in [0.2, 0.25) is 0 Å². The largest absolute Gasteiger partial charge is 0.377 e. The van der Waals surface area contributed by atoms with E-state index in [9.17, 15) is 12.8 Å². The normalized spacial score (nSPS) is 30.2. The van der Waals surface area contributed by atoms with Gasteiger partial charge >= 0.3 is 0 Å². The second kappa shape index (κ2) is 8.78. The van der Waals surface area contributed by atoms with Gasteiger partial charge in [0.1, 0.15) is 5.82 Å². The lowest BCUT2D eigenvalue weighted by atomic mass is 9.83. The summed E-state index contributed by atoms with van der Waals surface area (Å²) in [4.78, 5) is 0. The van der Waals surface area contributed by atoms with Crippen molar-refractivity contribution in [3.8, 4) is 0 Å². The number of sulfonamides is 1. The van der Waals surface area contributed by atoms with Crippen LogP contribution >= 0.6 is 0 Å². The van der Waals surface area contributed by atoms with Gasteiger partial charge in [-0.15, -0.1) is 0 Å². The van der Waals surface area contributed by atoms with E-state index >= 15 is 0 Å². The summed E-state index contributed by atoms with van der Waals surface area (Å²) in [6.45, 7) is 1.42. The summed E-state index contributed by atoms with van der Waals surface area (Å²) < 4.78 is 45.0. The Hall–Kier alpha value is -1.02. The number of rotatable bonds is 6. The zero-order valence-electron chi connectivity index (χ0n) is 15.3. The molecule has 1 aliphatic heterocycles. The average molecular weight is 385 g/mol. The zero-order chi connectivity index (χ0) is 18.6. The molecule has 5 nitrogen and oxygen atoms in total. The number of ether oxygens (including phenoxy) is 1. The Balaban J connectivity index is 1.46. The molecular weight excluding hydrogens is 355 g/mol. The van der Waals surface area contributed by atoms with E-state index in [1.165, 1.54) is 24.0 Å². The number of piperidine rings is 1. The summed E-state index contributed by atoms with van der Waals surface area (Å²) in [6, 6.07) is 6.74. The van der Waals surface area contributed by atoms with Crippen molar-refractivity contribution in [2.24, 2.45) is 0 Å². The first kappa shape index (κ1) is 19.7. The number of hydrogen-bond acceptors (Lipinski definition) is 4. The van der Waals surface area contributed by atoms with Crippen LogP contribution < -0.4 is 10.0 Å². The first-order chi connectivity index (χ1) is 12.4. The van der Waals surface area contributed by atoms with E-state index in [0.717, 1.165) is 45.1 Å². The second-order valence-electron chi connectivity index (χ2n) is 7.56. The predicted molar refractivity (Wildman–Crippen MR) is 100 cm³/mol. The van der Waals surface area contributed by atoms with Crippen LogP contribution in [-0.4, -0.2) is 46.0 Å². The maximum Gasteiger partial charge on any atom is 0.209 e. The monoisotopic (exact) mass is 384 g/mol. The summed E-state index contributed by atoms with van der Waals surface area (Å²) in [5, 5.41) is 3.38. The second-order valence-corrected chi connectivity index (χ2v) is 9.34. The minimum absolute atomic E-state index is 0.0216. The maximum absolute atomic E-state index is 13.1. The van der Waals surface area contributed by atoms with E-state index in [2.05, 4.69) is 10.0 Å². The molecule has 1 aromatic rings. The highest BCUT2D eigenvalue weighted by Gasteiger charge is 2.29. The molecule has 1 aromatic carbocycles. The van der Waals surface area contributed by atoms with Gasteiger partial charge in [0.25, 0.3) is 0 Å². The Morgan fingerprint density at radius 1 is 1.15 bits per heavy atom. The lowest BCUT2D eigenvalue weighted by molar-refractivity contribution is 0.00523. The zero-order valence-corrected chi connectivity index (χ0v) is 16.1. The van der Waals surface area contributed by atoms with Gasteiger partial charge in [-0.1, -0.05) is 12.1 Å². The van der Waals surface area contributed by atoms with Crippen molar-refractivity contribution in [2.75, 3.05) is 19.4 Å². The van der Waals surface area contributed by atoms with Gasteiger partial charge in [-0.25, -0.2) is 17.5 Å². The molecule has 0 amide bonds. The molecule has 1 saturated heterocycles. The lowest BCUT2D eigenvalue weighted by Gasteiger charge is -2.35. The molecule has 2 atom stereocenters. The average Bonchev–Trinajstić information content (AvgIpc) is 2.61. The van der Waals surface area contributed by atoms with Crippen LogP contribution in [0.15, 0.2) is 24.3 Å². The first-order valence-corrected chi connectivity index (χ1v) is 11.4.